The Labute approximate surface area is 102 Å². The quantitative estimate of drug-likeness (QED) is 0.290. The molecule has 1 N–H and O–H groups in total. The highest BCUT2D eigenvalue weighted by Gasteiger charge is 2.43. The molecule has 1 rings (SSSR count). The summed E-state index contributed by atoms with van der Waals surface area (Å²) in [6.07, 6.45) is 0.190. The van der Waals surface area contributed by atoms with Crippen LogP contribution in [0.15, 0.2) is 30.3 Å². The van der Waals surface area contributed by atoms with E-state index in [9.17, 15) is 18.0 Å². The first-order valence-corrected chi connectivity index (χ1v) is 6.71. The first kappa shape index (κ1) is 13.5. The average Bonchev–Trinajstić information content (AvgIpc) is 2.31. The van der Waals surface area contributed by atoms with E-state index in [0.29, 0.717) is 0 Å². The van der Waals surface area contributed by atoms with Crippen LogP contribution in [0.4, 0.5) is 0 Å². The largest absolute Gasteiger partial charge is 0.301 e. The van der Waals surface area contributed by atoms with Crippen LogP contribution in [0.25, 0.3) is 0 Å². The molecule has 0 atom stereocenters. The molecule has 0 spiro atoms. The molecule has 0 aliphatic rings. The van der Waals surface area contributed by atoms with Crippen molar-refractivity contribution in [3.05, 3.63) is 35.9 Å². The Morgan fingerprint density at radius 1 is 1.18 bits per heavy atom. The van der Waals surface area contributed by atoms with Crippen molar-refractivity contribution in [2.45, 2.75) is 5.41 Å². The molecule has 0 aliphatic heterocycles. The second-order valence-electron chi connectivity index (χ2n) is 3.24. The van der Waals surface area contributed by atoms with Gasteiger partial charge in [-0.3, -0.25) is 5.41 Å². The fourth-order valence-corrected chi connectivity index (χ4v) is 2.32. The summed E-state index contributed by atoms with van der Waals surface area (Å²) in [6, 6.07) is 7.41. The molecule has 0 fully saturated rings. The molecule has 5 nitrogen and oxygen atoms in total. The Morgan fingerprint density at radius 2 is 1.65 bits per heavy atom. The van der Waals surface area contributed by atoms with Crippen molar-refractivity contribution in [2.24, 2.45) is 0 Å². The van der Waals surface area contributed by atoms with Gasteiger partial charge in [0, 0.05) is 10.7 Å². The van der Waals surface area contributed by atoms with Crippen molar-refractivity contribution in [1.29, 1.82) is 5.41 Å². The molecule has 0 saturated heterocycles. The van der Waals surface area contributed by atoms with Crippen LogP contribution in [-0.4, -0.2) is 26.0 Å². The highest BCUT2D eigenvalue weighted by Crippen LogP contribution is 2.25. The average molecular weight is 274 g/mol. The van der Waals surface area contributed by atoms with Gasteiger partial charge in [-0.25, -0.2) is 8.42 Å². The number of hydrogen-bond acceptors (Lipinski definition) is 5. The van der Waals surface area contributed by atoms with Gasteiger partial charge in [-0.2, -0.15) is 0 Å². The van der Waals surface area contributed by atoms with Gasteiger partial charge in [-0.15, -0.1) is 0 Å². The number of benzene rings is 1. The highest BCUT2D eigenvalue weighted by atomic mass is 35.7. The highest BCUT2D eigenvalue weighted by molar-refractivity contribution is 8.25. The molecular formula is C10H8ClNO4S. The first-order chi connectivity index (χ1) is 7.88. The molecule has 90 valence electrons. The van der Waals surface area contributed by atoms with Crippen molar-refractivity contribution >= 4 is 37.3 Å². The molecule has 0 unspecified atom stereocenters. The van der Waals surface area contributed by atoms with Crippen LogP contribution in [0.2, 0.25) is 0 Å². The standard InChI is InChI=1S/C10H8ClNO4S/c11-17(15,16)9(12)10(6-13,7-14)8-4-2-1-3-5-8/h1-7,12H. The molecule has 7 heteroatoms. The summed E-state index contributed by atoms with van der Waals surface area (Å²) in [7, 11) is 0.565. The minimum atomic E-state index is -4.44. The van der Waals surface area contributed by atoms with Crippen LogP contribution in [0.1, 0.15) is 5.56 Å². The van der Waals surface area contributed by atoms with Crippen molar-refractivity contribution in [1.82, 2.24) is 0 Å². The molecule has 0 radical (unpaired) electrons. The van der Waals surface area contributed by atoms with Crippen LogP contribution >= 0.6 is 10.7 Å². The lowest BCUT2D eigenvalue weighted by atomic mass is 9.84. The molecule has 0 bridgehead atoms. The summed E-state index contributed by atoms with van der Waals surface area (Å²) in [4.78, 5) is 22.1. The molecule has 0 amide bonds. The minimum Gasteiger partial charge on any atom is -0.301 e. The van der Waals surface area contributed by atoms with Gasteiger partial charge >= 0.3 is 0 Å². The lowest BCUT2D eigenvalue weighted by Crippen LogP contribution is -2.41. The van der Waals surface area contributed by atoms with E-state index in [0.717, 1.165) is 0 Å². The maximum atomic E-state index is 11.1. The fraction of sp³-hybridized carbons (Fsp3) is 0.100. The summed E-state index contributed by atoms with van der Waals surface area (Å²) >= 11 is 0. The Bertz CT molecular complexity index is 545. The monoisotopic (exact) mass is 273 g/mol. The number of carbonyl (C=O) groups excluding carboxylic acids is 2. The summed E-state index contributed by atoms with van der Waals surface area (Å²) < 4.78 is 22.2. The Morgan fingerprint density at radius 3 is 2.00 bits per heavy atom. The van der Waals surface area contributed by atoms with Gasteiger partial charge in [0.15, 0.2) is 10.5 Å². The van der Waals surface area contributed by atoms with Crippen molar-refractivity contribution in [2.75, 3.05) is 0 Å². The first-order valence-electron chi connectivity index (χ1n) is 4.40. The fourth-order valence-electron chi connectivity index (χ4n) is 1.32. The van der Waals surface area contributed by atoms with Gasteiger partial charge in [0.2, 0.25) is 0 Å². The topological polar surface area (TPSA) is 92.1 Å². The third-order valence-electron chi connectivity index (χ3n) is 2.24. The second-order valence-corrected chi connectivity index (χ2v) is 5.74. The number of nitrogens with one attached hydrogen (secondary N) is 1. The molecule has 1 aromatic rings. The summed E-state index contributed by atoms with van der Waals surface area (Å²) in [5.74, 6) is 0. The van der Waals surface area contributed by atoms with Crippen LogP contribution in [0.3, 0.4) is 0 Å². The van der Waals surface area contributed by atoms with Crippen molar-refractivity contribution < 1.29 is 18.0 Å². The molecule has 0 aromatic heterocycles. The zero-order chi connectivity index (χ0) is 13.1. The van der Waals surface area contributed by atoms with Gasteiger partial charge < -0.3 is 9.59 Å². The van der Waals surface area contributed by atoms with E-state index in [2.05, 4.69) is 0 Å². The van der Waals surface area contributed by atoms with Gasteiger partial charge in [0.05, 0.1) is 0 Å². The SMILES string of the molecule is N=C(C(C=O)(C=O)c1ccccc1)S(=O)(=O)Cl. The van der Waals surface area contributed by atoms with E-state index >= 15 is 0 Å². The molecule has 1 aromatic carbocycles. The van der Waals surface area contributed by atoms with Gasteiger partial charge in [-0.1, -0.05) is 30.3 Å². The third-order valence-corrected chi connectivity index (χ3v) is 3.53. The van der Waals surface area contributed by atoms with Crippen LogP contribution in [0, 0.1) is 5.41 Å². The molecule has 17 heavy (non-hydrogen) atoms. The Balaban J connectivity index is 3.50. The second kappa shape index (κ2) is 4.77. The predicted octanol–water partition coefficient (Wildman–Crippen LogP) is 0.868. The zero-order valence-electron chi connectivity index (χ0n) is 8.46. The molecular weight excluding hydrogens is 266 g/mol. The Hall–Kier alpha value is -1.53. The number of rotatable bonds is 4. The third kappa shape index (κ3) is 2.42. The van der Waals surface area contributed by atoms with Crippen LogP contribution < -0.4 is 0 Å². The smallest absolute Gasteiger partial charge is 0.275 e. The summed E-state index contributed by atoms with van der Waals surface area (Å²) in [5.41, 5.74) is -2.10. The lowest BCUT2D eigenvalue weighted by molar-refractivity contribution is -0.118. The number of aldehydes is 2. The number of carbonyl (C=O) groups is 2. The van der Waals surface area contributed by atoms with E-state index in [-0.39, 0.29) is 18.1 Å². The minimum absolute atomic E-state index is 0.0826. The van der Waals surface area contributed by atoms with E-state index in [1.54, 1.807) is 6.07 Å². The van der Waals surface area contributed by atoms with Crippen LogP contribution in [0.5, 0.6) is 0 Å². The molecule has 0 heterocycles. The lowest BCUT2D eigenvalue weighted by Gasteiger charge is -2.20. The van der Waals surface area contributed by atoms with E-state index in [4.69, 9.17) is 16.1 Å². The van der Waals surface area contributed by atoms with Crippen molar-refractivity contribution in [3.63, 3.8) is 0 Å². The Kier molecular flexibility index (Phi) is 3.79. The number of halogens is 1. The van der Waals surface area contributed by atoms with E-state index < -0.39 is 19.5 Å². The zero-order valence-corrected chi connectivity index (χ0v) is 10.0. The van der Waals surface area contributed by atoms with Gasteiger partial charge in [0.1, 0.15) is 12.6 Å². The molecule has 0 saturated carbocycles. The van der Waals surface area contributed by atoms with Gasteiger partial charge in [0.25, 0.3) is 9.05 Å². The molecule has 0 aliphatic carbocycles. The van der Waals surface area contributed by atoms with Crippen molar-refractivity contribution in [3.8, 4) is 0 Å². The van der Waals surface area contributed by atoms with E-state index in [1.807, 2.05) is 0 Å². The van der Waals surface area contributed by atoms with Gasteiger partial charge in [-0.05, 0) is 5.56 Å². The van der Waals surface area contributed by atoms with E-state index in [1.165, 1.54) is 24.3 Å². The summed E-state index contributed by atoms with van der Waals surface area (Å²) in [5, 5.41) is 6.25. The summed E-state index contributed by atoms with van der Waals surface area (Å²) in [6.45, 7) is 0. The normalized spacial score (nSPS) is 11.8. The number of hydrogen-bond donors (Lipinski definition) is 1. The predicted molar refractivity (Wildman–Crippen MR) is 62.7 cm³/mol. The maximum Gasteiger partial charge on any atom is 0.275 e. The van der Waals surface area contributed by atoms with Crippen LogP contribution in [-0.2, 0) is 24.1 Å². The maximum absolute atomic E-state index is 11.1.